The van der Waals surface area contributed by atoms with Gasteiger partial charge in [0.05, 0.1) is 6.54 Å². The van der Waals surface area contributed by atoms with E-state index in [0.717, 1.165) is 11.3 Å². The summed E-state index contributed by atoms with van der Waals surface area (Å²) in [5.41, 5.74) is 7.18. The fourth-order valence-corrected chi connectivity index (χ4v) is 1.15. The zero-order chi connectivity index (χ0) is 10.6. The molecule has 3 nitrogen and oxygen atoms in total. The Labute approximate surface area is 84.3 Å². The van der Waals surface area contributed by atoms with Crippen LogP contribution in [0.25, 0.3) is 0 Å². The number of aromatic hydroxyl groups is 1. The van der Waals surface area contributed by atoms with Gasteiger partial charge in [0.1, 0.15) is 5.75 Å². The molecule has 0 spiro atoms. The van der Waals surface area contributed by atoms with Crippen LogP contribution in [-0.2, 0) is 0 Å². The van der Waals surface area contributed by atoms with Crippen molar-refractivity contribution in [1.82, 2.24) is 0 Å². The minimum Gasteiger partial charge on any atom is -0.507 e. The quantitative estimate of drug-likeness (QED) is 0.714. The van der Waals surface area contributed by atoms with Gasteiger partial charge in [0.15, 0.2) is 0 Å². The van der Waals surface area contributed by atoms with Gasteiger partial charge in [0, 0.05) is 17.3 Å². The van der Waals surface area contributed by atoms with Crippen molar-refractivity contribution in [2.75, 3.05) is 6.54 Å². The van der Waals surface area contributed by atoms with Crippen LogP contribution in [0.15, 0.2) is 29.3 Å². The van der Waals surface area contributed by atoms with E-state index in [1.165, 1.54) is 0 Å². The summed E-state index contributed by atoms with van der Waals surface area (Å²) in [5, 5.41) is 9.53. The van der Waals surface area contributed by atoms with E-state index >= 15 is 0 Å². The first kappa shape index (κ1) is 10.7. The van der Waals surface area contributed by atoms with Crippen molar-refractivity contribution in [2.45, 2.75) is 19.9 Å². The van der Waals surface area contributed by atoms with Crippen molar-refractivity contribution < 1.29 is 5.11 Å². The summed E-state index contributed by atoms with van der Waals surface area (Å²) in [6.07, 6.45) is 0. The Morgan fingerprint density at radius 1 is 1.50 bits per heavy atom. The van der Waals surface area contributed by atoms with Gasteiger partial charge in [0.2, 0.25) is 0 Å². The van der Waals surface area contributed by atoms with Crippen LogP contribution < -0.4 is 5.73 Å². The standard InChI is InChI=1S/C11H16N2O/c1-8(12)7-13-9(2)10-5-3-4-6-11(10)14/h3-6,8,14H,7,12H2,1-2H3/t8-/m1/s1. The number of nitrogens with two attached hydrogens (primary N) is 1. The van der Waals surface area contributed by atoms with Gasteiger partial charge in [-0.3, -0.25) is 4.99 Å². The number of rotatable bonds is 3. The molecule has 0 saturated heterocycles. The van der Waals surface area contributed by atoms with Crippen LogP contribution in [0, 0.1) is 0 Å². The molecule has 0 bridgehead atoms. The molecule has 0 amide bonds. The number of phenols is 1. The van der Waals surface area contributed by atoms with Crippen molar-refractivity contribution in [3.05, 3.63) is 29.8 Å². The van der Waals surface area contributed by atoms with Crippen molar-refractivity contribution >= 4 is 5.71 Å². The summed E-state index contributed by atoms with van der Waals surface area (Å²) in [4.78, 5) is 4.29. The molecular formula is C11H16N2O. The Bertz CT molecular complexity index is 332. The summed E-state index contributed by atoms with van der Waals surface area (Å²) in [6, 6.07) is 7.21. The van der Waals surface area contributed by atoms with Gasteiger partial charge >= 0.3 is 0 Å². The predicted molar refractivity (Wildman–Crippen MR) is 58.8 cm³/mol. The van der Waals surface area contributed by atoms with E-state index in [4.69, 9.17) is 5.73 Å². The molecule has 3 heteroatoms. The maximum absolute atomic E-state index is 9.53. The van der Waals surface area contributed by atoms with E-state index in [9.17, 15) is 5.11 Å². The third-order valence-corrected chi connectivity index (χ3v) is 1.91. The SMILES string of the molecule is CC(=NC[C@@H](C)N)c1ccccc1O. The van der Waals surface area contributed by atoms with E-state index in [-0.39, 0.29) is 11.8 Å². The summed E-state index contributed by atoms with van der Waals surface area (Å²) in [5.74, 6) is 0.262. The average Bonchev–Trinajstić information content (AvgIpc) is 2.15. The lowest BCUT2D eigenvalue weighted by molar-refractivity contribution is 0.474. The lowest BCUT2D eigenvalue weighted by Crippen LogP contribution is -2.19. The highest BCUT2D eigenvalue weighted by Crippen LogP contribution is 2.16. The van der Waals surface area contributed by atoms with Gasteiger partial charge in [-0.05, 0) is 26.0 Å². The molecule has 0 unspecified atom stereocenters. The van der Waals surface area contributed by atoms with E-state index in [1.807, 2.05) is 26.0 Å². The molecule has 1 aromatic carbocycles. The zero-order valence-electron chi connectivity index (χ0n) is 8.57. The number of hydrogen-bond donors (Lipinski definition) is 2. The van der Waals surface area contributed by atoms with Crippen LogP contribution in [0.2, 0.25) is 0 Å². The van der Waals surface area contributed by atoms with Crippen LogP contribution in [0.4, 0.5) is 0 Å². The molecule has 1 aromatic rings. The van der Waals surface area contributed by atoms with Crippen LogP contribution in [0.3, 0.4) is 0 Å². The summed E-state index contributed by atoms with van der Waals surface area (Å²) >= 11 is 0. The maximum Gasteiger partial charge on any atom is 0.124 e. The molecule has 3 N–H and O–H groups in total. The molecule has 0 heterocycles. The van der Waals surface area contributed by atoms with Crippen molar-refractivity contribution in [3.8, 4) is 5.75 Å². The van der Waals surface area contributed by atoms with E-state index in [2.05, 4.69) is 4.99 Å². The van der Waals surface area contributed by atoms with Crippen LogP contribution in [0.5, 0.6) is 5.75 Å². The number of hydrogen-bond acceptors (Lipinski definition) is 3. The number of aliphatic imine (C=N–C) groups is 1. The molecule has 0 aliphatic carbocycles. The monoisotopic (exact) mass is 192 g/mol. The van der Waals surface area contributed by atoms with Gasteiger partial charge in [-0.1, -0.05) is 12.1 Å². The number of phenolic OH excluding ortho intramolecular Hbond substituents is 1. The lowest BCUT2D eigenvalue weighted by atomic mass is 10.1. The van der Waals surface area contributed by atoms with Gasteiger partial charge in [0.25, 0.3) is 0 Å². The zero-order valence-corrected chi connectivity index (χ0v) is 8.57. The molecule has 0 saturated carbocycles. The highest BCUT2D eigenvalue weighted by molar-refractivity contribution is 6.00. The minimum atomic E-state index is 0.0517. The van der Waals surface area contributed by atoms with Crippen LogP contribution in [0.1, 0.15) is 19.4 Å². The van der Waals surface area contributed by atoms with Crippen molar-refractivity contribution in [2.24, 2.45) is 10.7 Å². The number of benzene rings is 1. The second-order valence-electron chi connectivity index (χ2n) is 3.42. The molecule has 0 radical (unpaired) electrons. The molecule has 0 fully saturated rings. The van der Waals surface area contributed by atoms with Crippen LogP contribution >= 0.6 is 0 Å². The second kappa shape index (κ2) is 4.77. The molecule has 0 aromatic heterocycles. The average molecular weight is 192 g/mol. The maximum atomic E-state index is 9.53. The predicted octanol–water partition coefficient (Wildman–Crippen LogP) is 1.55. The van der Waals surface area contributed by atoms with Gasteiger partial charge in [-0.25, -0.2) is 0 Å². The van der Waals surface area contributed by atoms with Gasteiger partial charge in [-0.2, -0.15) is 0 Å². The fourth-order valence-electron chi connectivity index (χ4n) is 1.15. The molecule has 0 aliphatic rings. The molecular weight excluding hydrogens is 176 g/mol. The lowest BCUT2D eigenvalue weighted by Gasteiger charge is -2.05. The Balaban J connectivity index is 2.84. The summed E-state index contributed by atoms with van der Waals surface area (Å²) in [6.45, 7) is 4.36. The molecule has 0 aliphatic heterocycles. The molecule has 1 atom stereocenters. The Hall–Kier alpha value is -1.35. The van der Waals surface area contributed by atoms with Crippen molar-refractivity contribution in [3.63, 3.8) is 0 Å². The Morgan fingerprint density at radius 3 is 2.71 bits per heavy atom. The number of nitrogens with zero attached hydrogens (tertiary/aromatic N) is 1. The molecule has 1 rings (SSSR count). The van der Waals surface area contributed by atoms with E-state index < -0.39 is 0 Å². The first-order valence-corrected chi connectivity index (χ1v) is 4.66. The smallest absolute Gasteiger partial charge is 0.124 e. The Morgan fingerprint density at radius 2 is 2.14 bits per heavy atom. The van der Waals surface area contributed by atoms with E-state index in [0.29, 0.717) is 6.54 Å². The van der Waals surface area contributed by atoms with E-state index in [1.54, 1.807) is 12.1 Å². The molecule has 76 valence electrons. The normalized spacial score (nSPS) is 14.1. The first-order valence-electron chi connectivity index (χ1n) is 4.66. The summed E-state index contributed by atoms with van der Waals surface area (Å²) < 4.78 is 0. The minimum absolute atomic E-state index is 0.0517. The fraction of sp³-hybridized carbons (Fsp3) is 0.364. The van der Waals surface area contributed by atoms with Crippen molar-refractivity contribution in [1.29, 1.82) is 0 Å². The second-order valence-corrected chi connectivity index (χ2v) is 3.42. The number of para-hydroxylation sites is 1. The third-order valence-electron chi connectivity index (χ3n) is 1.91. The van der Waals surface area contributed by atoms with Gasteiger partial charge < -0.3 is 10.8 Å². The highest BCUT2D eigenvalue weighted by atomic mass is 16.3. The van der Waals surface area contributed by atoms with Gasteiger partial charge in [-0.15, -0.1) is 0 Å². The topological polar surface area (TPSA) is 58.6 Å². The third kappa shape index (κ3) is 2.85. The summed E-state index contributed by atoms with van der Waals surface area (Å²) in [7, 11) is 0. The molecule has 14 heavy (non-hydrogen) atoms. The highest BCUT2D eigenvalue weighted by Gasteiger charge is 2.02. The largest absolute Gasteiger partial charge is 0.507 e. The first-order chi connectivity index (χ1) is 6.61. The Kier molecular flexibility index (Phi) is 3.65. The van der Waals surface area contributed by atoms with Crippen LogP contribution in [-0.4, -0.2) is 23.4 Å².